The van der Waals surface area contributed by atoms with E-state index in [0.717, 1.165) is 22.0 Å². The van der Waals surface area contributed by atoms with Crippen molar-refractivity contribution in [3.63, 3.8) is 0 Å². The third kappa shape index (κ3) is 3.43. The zero-order valence-electron chi connectivity index (χ0n) is 12.3. The van der Waals surface area contributed by atoms with Crippen LogP contribution in [0.25, 0.3) is 11.0 Å². The predicted octanol–water partition coefficient (Wildman–Crippen LogP) is 4.37. The summed E-state index contributed by atoms with van der Waals surface area (Å²) in [5, 5.41) is 1.75. The van der Waals surface area contributed by atoms with Crippen molar-refractivity contribution in [3.8, 4) is 5.75 Å². The van der Waals surface area contributed by atoms with E-state index in [0.29, 0.717) is 11.3 Å². The molecule has 0 aliphatic heterocycles. The minimum Gasteiger partial charge on any atom is -0.497 e. The molecular formula is C17H20O3S. The second-order valence-electron chi connectivity index (χ2n) is 5.52. The summed E-state index contributed by atoms with van der Waals surface area (Å²) in [4.78, 5) is 11.7. The van der Waals surface area contributed by atoms with Crippen molar-refractivity contribution in [1.82, 2.24) is 0 Å². The molecule has 1 heterocycles. The van der Waals surface area contributed by atoms with Gasteiger partial charge in [0.1, 0.15) is 11.3 Å². The summed E-state index contributed by atoms with van der Waals surface area (Å²) in [5.74, 6) is 1.58. The SMILES string of the molecule is COc1ccc2c(CSC3CCCCC3)cc(=O)oc2c1. The van der Waals surface area contributed by atoms with E-state index in [4.69, 9.17) is 9.15 Å². The van der Waals surface area contributed by atoms with Crippen LogP contribution in [0.1, 0.15) is 37.7 Å². The molecule has 1 aromatic heterocycles. The molecule has 1 aliphatic carbocycles. The molecule has 0 N–H and O–H groups in total. The topological polar surface area (TPSA) is 39.4 Å². The molecule has 3 nitrogen and oxygen atoms in total. The Labute approximate surface area is 128 Å². The first-order valence-corrected chi connectivity index (χ1v) is 8.53. The van der Waals surface area contributed by atoms with Crippen molar-refractivity contribution in [2.45, 2.75) is 43.1 Å². The van der Waals surface area contributed by atoms with Gasteiger partial charge in [0.2, 0.25) is 0 Å². The highest BCUT2D eigenvalue weighted by Gasteiger charge is 2.15. The van der Waals surface area contributed by atoms with Gasteiger partial charge in [0.05, 0.1) is 7.11 Å². The molecule has 0 unspecified atom stereocenters. The first kappa shape index (κ1) is 14.5. The Morgan fingerprint density at radius 3 is 2.81 bits per heavy atom. The molecule has 112 valence electrons. The lowest BCUT2D eigenvalue weighted by Gasteiger charge is -2.21. The van der Waals surface area contributed by atoms with E-state index in [1.165, 1.54) is 32.1 Å². The van der Waals surface area contributed by atoms with Gasteiger partial charge in [-0.1, -0.05) is 19.3 Å². The molecule has 2 aromatic rings. The highest BCUT2D eigenvalue weighted by molar-refractivity contribution is 7.99. The van der Waals surface area contributed by atoms with E-state index >= 15 is 0 Å². The van der Waals surface area contributed by atoms with Crippen LogP contribution >= 0.6 is 11.8 Å². The van der Waals surface area contributed by atoms with Crippen molar-refractivity contribution >= 4 is 22.7 Å². The highest BCUT2D eigenvalue weighted by atomic mass is 32.2. The Kier molecular flexibility index (Phi) is 4.54. The van der Waals surface area contributed by atoms with Crippen LogP contribution in [0.15, 0.2) is 33.5 Å². The van der Waals surface area contributed by atoms with Crippen molar-refractivity contribution < 1.29 is 9.15 Å². The Morgan fingerprint density at radius 2 is 2.05 bits per heavy atom. The molecule has 1 saturated carbocycles. The van der Waals surface area contributed by atoms with E-state index in [9.17, 15) is 4.79 Å². The number of fused-ring (bicyclic) bond motifs is 1. The minimum absolute atomic E-state index is 0.282. The quantitative estimate of drug-likeness (QED) is 0.786. The van der Waals surface area contributed by atoms with Gasteiger partial charge in [0.15, 0.2) is 0 Å². The molecule has 0 spiro atoms. The van der Waals surface area contributed by atoms with E-state index in [1.54, 1.807) is 19.2 Å². The van der Waals surface area contributed by atoms with Crippen molar-refractivity contribution in [1.29, 1.82) is 0 Å². The maximum atomic E-state index is 11.7. The summed E-state index contributed by atoms with van der Waals surface area (Å²) in [6.07, 6.45) is 6.66. The van der Waals surface area contributed by atoms with Gasteiger partial charge in [-0.05, 0) is 30.5 Å². The number of thioether (sulfide) groups is 1. The van der Waals surface area contributed by atoms with Crippen LogP contribution in [-0.2, 0) is 5.75 Å². The molecule has 21 heavy (non-hydrogen) atoms. The lowest BCUT2D eigenvalue weighted by Crippen LogP contribution is -2.09. The van der Waals surface area contributed by atoms with Crippen LogP contribution in [0, 0.1) is 0 Å². The fourth-order valence-corrected chi connectivity index (χ4v) is 4.22. The van der Waals surface area contributed by atoms with E-state index in [2.05, 4.69) is 0 Å². The van der Waals surface area contributed by atoms with Crippen molar-refractivity contribution in [3.05, 3.63) is 40.2 Å². The van der Waals surface area contributed by atoms with Crippen LogP contribution in [0.3, 0.4) is 0 Å². The third-order valence-electron chi connectivity index (χ3n) is 4.06. The smallest absolute Gasteiger partial charge is 0.336 e. The first-order valence-electron chi connectivity index (χ1n) is 7.48. The zero-order chi connectivity index (χ0) is 14.7. The van der Waals surface area contributed by atoms with Crippen LogP contribution in [0.4, 0.5) is 0 Å². The molecule has 4 heteroatoms. The molecule has 1 fully saturated rings. The molecule has 0 bridgehead atoms. The fourth-order valence-electron chi connectivity index (χ4n) is 2.90. The van der Waals surface area contributed by atoms with E-state index in [1.807, 2.05) is 23.9 Å². The summed E-state index contributed by atoms with van der Waals surface area (Å²) in [6.45, 7) is 0. The van der Waals surface area contributed by atoms with Gasteiger partial charge in [0.25, 0.3) is 0 Å². The molecule has 0 saturated heterocycles. The molecule has 0 amide bonds. The summed E-state index contributed by atoms with van der Waals surface area (Å²) in [7, 11) is 1.61. The number of ether oxygens (including phenoxy) is 1. The Morgan fingerprint density at radius 1 is 1.24 bits per heavy atom. The Balaban J connectivity index is 1.85. The van der Waals surface area contributed by atoms with Gasteiger partial charge < -0.3 is 9.15 Å². The monoisotopic (exact) mass is 304 g/mol. The molecule has 0 radical (unpaired) electrons. The van der Waals surface area contributed by atoms with E-state index in [-0.39, 0.29) is 5.63 Å². The third-order valence-corrected chi connectivity index (χ3v) is 5.48. The number of hydrogen-bond acceptors (Lipinski definition) is 4. The Hall–Kier alpha value is -1.42. The van der Waals surface area contributed by atoms with Gasteiger partial charge in [-0.25, -0.2) is 4.79 Å². The molecule has 0 atom stereocenters. The van der Waals surface area contributed by atoms with Gasteiger partial charge in [-0.2, -0.15) is 11.8 Å². The molecule has 1 aromatic carbocycles. The first-order chi connectivity index (χ1) is 10.3. The average Bonchev–Trinajstić information content (AvgIpc) is 2.52. The number of hydrogen-bond donors (Lipinski definition) is 0. The van der Waals surface area contributed by atoms with Crippen molar-refractivity contribution in [2.75, 3.05) is 7.11 Å². The molecule has 3 rings (SSSR count). The van der Waals surface area contributed by atoms with Crippen LogP contribution < -0.4 is 10.4 Å². The van der Waals surface area contributed by atoms with Crippen molar-refractivity contribution in [2.24, 2.45) is 0 Å². The highest BCUT2D eigenvalue weighted by Crippen LogP contribution is 2.32. The van der Waals surface area contributed by atoms with Gasteiger partial charge in [0, 0.05) is 28.5 Å². The maximum absolute atomic E-state index is 11.7. The minimum atomic E-state index is -0.282. The largest absolute Gasteiger partial charge is 0.497 e. The number of rotatable bonds is 4. The fraction of sp³-hybridized carbons (Fsp3) is 0.471. The summed E-state index contributed by atoms with van der Waals surface area (Å²) >= 11 is 1.97. The van der Waals surface area contributed by atoms with Crippen LogP contribution in [0.5, 0.6) is 5.75 Å². The Bertz CT molecular complexity index is 671. The lowest BCUT2D eigenvalue weighted by molar-refractivity contribution is 0.414. The average molecular weight is 304 g/mol. The summed E-state index contributed by atoms with van der Waals surface area (Å²) in [6, 6.07) is 7.31. The maximum Gasteiger partial charge on any atom is 0.336 e. The normalized spacial score (nSPS) is 16.2. The van der Waals surface area contributed by atoms with E-state index < -0.39 is 0 Å². The lowest BCUT2D eigenvalue weighted by atomic mass is 10.0. The summed E-state index contributed by atoms with van der Waals surface area (Å²) in [5.41, 5.74) is 1.40. The number of benzene rings is 1. The second-order valence-corrected chi connectivity index (χ2v) is 6.81. The summed E-state index contributed by atoms with van der Waals surface area (Å²) < 4.78 is 10.5. The predicted molar refractivity (Wildman–Crippen MR) is 87.2 cm³/mol. The van der Waals surface area contributed by atoms with Gasteiger partial charge >= 0.3 is 5.63 Å². The van der Waals surface area contributed by atoms with Gasteiger partial charge in [-0.15, -0.1) is 0 Å². The van der Waals surface area contributed by atoms with Crippen LogP contribution in [-0.4, -0.2) is 12.4 Å². The molecular weight excluding hydrogens is 284 g/mol. The molecule has 1 aliphatic rings. The number of methoxy groups -OCH3 is 1. The second kappa shape index (κ2) is 6.56. The van der Waals surface area contributed by atoms with Crippen LogP contribution in [0.2, 0.25) is 0 Å². The zero-order valence-corrected chi connectivity index (χ0v) is 13.1. The van der Waals surface area contributed by atoms with Gasteiger partial charge in [-0.3, -0.25) is 0 Å². The standard InChI is InChI=1S/C17H20O3S/c1-19-13-7-8-15-12(9-17(18)20-16(15)10-13)11-21-14-5-3-2-4-6-14/h7-10,14H,2-6,11H2,1H3.